The second kappa shape index (κ2) is 8.83. The van der Waals surface area contributed by atoms with Crippen molar-refractivity contribution in [3.05, 3.63) is 29.8 Å². The van der Waals surface area contributed by atoms with Crippen molar-refractivity contribution in [2.24, 2.45) is 5.92 Å². The van der Waals surface area contributed by atoms with Crippen molar-refractivity contribution < 1.29 is 14.4 Å². The number of anilines is 1. The number of rotatable bonds is 7. The number of para-hydroxylation sites is 1. The molecule has 1 aliphatic rings. The zero-order chi connectivity index (χ0) is 19.3. The van der Waals surface area contributed by atoms with Crippen molar-refractivity contribution in [2.45, 2.75) is 52.5 Å². The van der Waals surface area contributed by atoms with Crippen LogP contribution >= 0.6 is 0 Å². The first-order valence-electron chi connectivity index (χ1n) is 9.29. The van der Waals surface area contributed by atoms with Gasteiger partial charge < -0.3 is 15.5 Å². The number of amides is 3. The predicted octanol–water partition coefficient (Wildman–Crippen LogP) is 2.19. The van der Waals surface area contributed by atoms with E-state index in [4.69, 9.17) is 0 Å². The van der Waals surface area contributed by atoms with Crippen molar-refractivity contribution >= 4 is 23.4 Å². The molecule has 0 aliphatic carbocycles. The summed E-state index contributed by atoms with van der Waals surface area (Å²) in [5, 5.41) is 5.37. The molecule has 2 atom stereocenters. The van der Waals surface area contributed by atoms with Crippen LogP contribution in [0.2, 0.25) is 0 Å². The van der Waals surface area contributed by atoms with Gasteiger partial charge in [0.15, 0.2) is 0 Å². The molecule has 2 unspecified atom stereocenters. The molecule has 1 heterocycles. The zero-order valence-electron chi connectivity index (χ0n) is 16.0. The molecule has 0 spiro atoms. The minimum atomic E-state index is -0.431. The van der Waals surface area contributed by atoms with E-state index in [9.17, 15) is 14.4 Å². The molecule has 0 aromatic heterocycles. The summed E-state index contributed by atoms with van der Waals surface area (Å²) in [5.41, 5.74) is 2.01. The molecule has 0 radical (unpaired) electrons. The third-order valence-corrected chi connectivity index (χ3v) is 4.74. The van der Waals surface area contributed by atoms with E-state index in [0.29, 0.717) is 12.5 Å². The summed E-state index contributed by atoms with van der Waals surface area (Å²) in [6.45, 7) is 8.27. The molecule has 2 N–H and O–H groups in total. The Morgan fingerprint density at radius 2 is 1.92 bits per heavy atom. The lowest BCUT2D eigenvalue weighted by Gasteiger charge is -2.23. The van der Waals surface area contributed by atoms with Gasteiger partial charge in [0.2, 0.25) is 17.7 Å². The molecule has 3 amide bonds. The number of benzene rings is 1. The van der Waals surface area contributed by atoms with Crippen LogP contribution in [-0.2, 0) is 14.4 Å². The molecule has 26 heavy (non-hydrogen) atoms. The van der Waals surface area contributed by atoms with E-state index in [1.54, 1.807) is 4.90 Å². The minimum Gasteiger partial charge on any atom is -0.352 e. The third-order valence-electron chi connectivity index (χ3n) is 4.74. The van der Waals surface area contributed by atoms with Crippen molar-refractivity contribution in [3.63, 3.8) is 0 Å². The van der Waals surface area contributed by atoms with E-state index < -0.39 is 5.92 Å². The second-order valence-electron chi connectivity index (χ2n) is 7.21. The highest BCUT2D eigenvalue weighted by molar-refractivity contribution is 6.01. The molecule has 6 heteroatoms. The normalized spacial score (nSPS) is 18.1. The average Bonchev–Trinajstić information content (AvgIpc) is 3.00. The maximum absolute atomic E-state index is 12.5. The van der Waals surface area contributed by atoms with Gasteiger partial charge in [-0.3, -0.25) is 14.4 Å². The Balaban J connectivity index is 2.03. The first-order chi connectivity index (χ1) is 12.3. The number of nitrogens with zero attached hydrogens (tertiary/aromatic N) is 1. The standard InChI is InChI=1S/C20H29N3O3/c1-5-14(4)16-8-6-7-9-17(16)23-12-15(10-19(23)25)20(26)21-11-18(24)22-13(2)3/h6-9,13-15H,5,10-12H2,1-4H3,(H,21,26)(H,22,24). The quantitative estimate of drug-likeness (QED) is 0.783. The fraction of sp³-hybridized carbons (Fsp3) is 0.550. The van der Waals surface area contributed by atoms with Crippen LogP contribution in [0.1, 0.15) is 52.0 Å². The van der Waals surface area contributed by atoms with E-state index in [1.807, 2.05) is 38.1 Å². The van der Waals surface area contributed by atoms with Crippen LogP contribution in [0.3, 0.4) is 0 Å². The zero-order valence-corrected chi connectivity index (χ0v) is 16.0. The molecule has 2 rings (SSSR count). The molecule has 142 valence electrons. The molecule has 1 aromatic rings. The van der Waals surface area contributed by atoms with Gasteiger partial charge >= 0.3 is 0 Å². The van der Waals surface area contributed by atoms with Gasteiger partial charge in [0.1, 0.15) is 0 Å². The van der Waals surface area contributed by atoms with Crippen LogP contribution in [0.25, 0.3) is 0 Å². The smallest absolute Gasteiger partial charge is 0.239 e. The van der Waals surface area contributed by atoms with Gasteiger partial charge in [-0.25, -0.2) is 0 Å². The molecular weight excluding hydrogens is 330 g/mol. The summed E-state index contributed by atoms with van der Waals surface area (Å²) in [7, 11) is 0. The fourth-order valence-corrected chi connectivity index (χ4v) is 3.17. The van der Waals surface area contributed by atoms with E-state index in [2.05, 4.69) is 24.5 Å². The highest BCUT2D eigenvalue weighted by Gasteiger charge is 2.36. The van der Waals surface area contributed by atoms with Crippen LogP contribution in [0.15, 0.2) is 24.3 Å². The Labute approximate surface area is 155 Å². The van der Waals surface area contributed by atoms with Gasteiger partial charge in [0.05, 0.1) is 12.5 Å². The molecular formula is C20H29N3O3. The maximum Gasteiger partial charge on any atom is 0.239 e. The number of hydrogen-bond acceptors (Lipinski definition) is 3. The predicted molar refractivity (Wildman–Crippen MR) is 102 cm³/mol. The van der Waals surface area contributed by atoms with Crippen LogP contribution in [0.5, 0.6) is 0 Å². The summed E-state index contributed by atoms with van der Waals surface area (Å²) in [5.74, 6) is -0.615. The first kappa shape index (κ1) is 19.9. The van der Waals surface area contributed by atoms with E-state index in [0.717, 1.165) is 17.7 Å². The highest BCUT2D eigenvalue weighted by atomic mass is 16.2. The van der Waals surface area contributed by atoms with Gasteiger partial charge in [-0.1, -0.05) is 32.0 Å². The topological polar surface area (TPSA) is 78.5 Å². The van der Waals surface area contributed by atoms with Gasteiger partial charge in [-0.2, -0.15) is 0 Å². The van der Waals surface area contributed by atoms with Crippen molar-refractivity contribution in [3.8, 4) is 0 Å². The molecule has 1 saturated heterocycles. The Morgan fingerprint density at radius 1 is 1.23 bits per heavy atom. The number of carbonyl (C=O) groups is 3. The van der Waals surface area contributed by atoms with Crippen LogP contribution in [-0.4, -0.2) is 36.9 Å². The lowest BCUT2D eigenvalue weighted by molar-refractivity contribution is -0.129. The Morgan fingerprint density at radius 3 is 2.58 bits per heavy atom. The fourth-order valence-electron chi connectivity index (χ4n) is 3.17. The summed E-state index contributed by atoms with van der Waals surface area (Å²) >= 11 is 0. The molecule has 1 aromatic carbocycles. The molecule has 1 aliphatic heterocycles. The van der Waals surface area contributed by atoms with Crippen molar-refractivity contribution in [1.29, 1.82) is 0 Å². The van der Waals surface area contributed by atoms with Crippen molar-refractivity contribution in [2.75, 3.05) is 18.0 Å². The third kappa shape index (κ3) is 4.84. The summed E-state index contributed by atoms with van der Waals surface area (Å²) < 4.78 is 0. The lowest BCUT2D eigenvalue weighted by Crippen LogP contribution is -2.42. The summed E-state index contributed by atoms with van der Waals surface area (Å²) in [6.07, 6.45) is 1.15. The number of nitrogens with one attached hydrogen (secondary N) is 2. The SMILES string of the molecule is CCC(C)c1ccccc1N1CC(C(=O)NCC(=O)NC(C)C)CC1=O. The first-order valence-corrected chi connectivity index (χ1v) is 9.29. The van der Waals surface area contributed by atoms with E-state index in [-0.39, 0.29) is 36.7 Å². The highest BCUT2D eigenvalue weighted by Crippen LogP contribution is 2.33. The van der Waals surface area contributed by atoms with Gasteiger partial charge in [-0.05, 0) is 37.8 Å². The van der Waals surface area contributed by atoms with Crippen LogP contribution in [0.4, 0.5) is 5.69 Å². The molecule has 6 nitrogen and oxygen atoms in total. The number of hydrogen-bond donors (Lipinski definition) is 2. The lowest BCUT2D eigenvalue weighted by atomic mass is 9.96. The van der Waals surface area contributed by atoms with E-state index >= 15 is 0 Å². The number of carbonyl (C=O) groups excluding carboxylic acids is 3. The second-order valence-corrected chi connectivity index (χ2v) is 7.21. The molecule has 0 saturated carbocycles. The van der Waals surface area contributed by atoms with Crippen molar-refractivity contribution in [1.82, 2.24) is 10.6 Å². The van der Waals surface area contributed by atoms with Crippen LogP contribution < -0.4 is 15.5 Å². The van der Waals surface area contributed by atoms with Gasteiger partial charge in [0.25, 0.3) is 0 Å². The van der Waals surface area contributed by atoms with Gasteiger partial charge in [0, 0.05) is 24.7 Å². The Kier molecular flexibility index (Phi) is 6.77. The molecule has 1 fully saturated rings. The van der Waals surface area contributed by atoms with Crippen LogP contribution in [0, 0.1) is 5.92 Å². The van der Waals surface area contributed by atoms with E-state index in [1.165, 1.54) is 0 Å². The average molecular weight is 359 g/mol. The Hall–Kier alpha value is -2.37. The Bertz CT molecular complexity index is 672. The monoisotopic (exact) mass is 359 g/mol. The molecule has 0 bridgehead atoms. The largest absolute Gasteiger partial charge is 0.352 e. The summed E-state index contributed by atoms with van der Waals surface area (Å²) in [4.78, 5) is 38.2. The summed E-state index contributed by atoms with van der Waals surface area (Å²) in [6, 6.07) is 7.90. The maximum atomic E-state index is 12.5. The van der Waals surface area contributed by atoms with Gasteiger partial charge in [-0.15, -0.1) is 0 Å². The minimum absolute atomic E-state index is 0.0278.